The Labute approximate surface area is 213 Å². The molecule has 7 heteroatoms. The van der Waals surface area contributed by atoms with Gasteiger partial charge in [0.2, 0.25) is 5.92 Å². The average Bonchev–Trinajstić information content (AvgIpc) is 2.80. The van der Waals surface area contributed by atoms with Crippen molar-refractivity contribution in [3.8, 4) is 11.4 Å². The highest BCUT2D eigenvalue weighted by molar-refractivity contribution is 6.12. The lowest BCUT2D eigenvalue weighted by molar-refractivity contribution is -0.107. The fraction of sp³-hybridized carbons (Fsp3) is 0.345. The van der Waals surface area contributed by atoms with E-state index in [1.807, 2.05) is 80.5 Å². The second kappa shape index (κ2) is 11.4. The zero-order valence-corrected chi connectivity index (χ0v) is 21.8. The lowest BCUT2D eigenvalue weighted by Crippen LogP contribution is -2.42. The standard InChI is InChI=1S/C29H35F2N5/c1-8-22(19-35(5)6)23-10-9-11-24(13-23)27-33-17-26(25(16-32-4)12-20(2)3)28(34-27)36(7)18-21-14-29(30,31)15-21/h8-13,16-17,19,21H,1-2,14-15,18H2,3-7H3/b22-19+,25-12+,32-16-. The molecule has 1 aromatic heterocycles. The number of hydrogen-bond acceptors (Lipinski definition) is 5. The molecule has 2 aromatic rings. The zero-order valence-electron chi connectivity index (χ0n) is 21.8. The number of halogens is 2. The molecule has 1 aliphatic rings. The summed E-state index contributed by atoms with van der Waals surface area (Å²) in [6.07, 6.45) is 9.06. The topological polar surface area (TPSA) is 44.6 Å². The molecule has 1 aromatic carbocycles. The van der Waals surface area contributed by atoms with Crippen LogP contribution in [0.25, 0.3) is 22.5 Å². The van der Waals surface area contributed by atoms with Crippen LogP contribution in [0.5, 0.6) is 0 Å². The van der Waals surface area contributed by atoms with E-state index in [4.69, 9.17) is 4.98 Å². The van der Waals surface area contributed by atoms with Gasteiger partial charge in [-0.2, -0.15) is 0 Å². The van der Waals surface area contributed by atoms with Gasteiger partial charge in [-0.05, 0) is 30.0 Å². The Morgan fingerprint density at radius 3 is 2.53 bits per heavy atom. The maximum Gasteiger partial charge on any atom is 0.248 e. The van der Waals surface area contributed by atoms with Crippen LogP contribution in [-0.4, -0.2) is 61.7 Å². The van der Waals surface area contributed by atoms with Crippen molar-refractivity contribution in [3.63, 3.8) is 0 Å². The monoisotopic (exact) mass is 491 g/mol. The molecule has 0 saturated heterocycles. The third-order valence-corrected chi connectivity index (χ3v) is 5.89. The second-order valence-electron chi connectivity index (χ2n) is 9.61. The summed E-state index contributed by atoms with van der Waals surface area (Å²) in [4.78, 5) is 17.7. The first-order valence-electron chi connectivity index (χ1n) is 11.9. The molecule has 5 nitrogen and oxygen atoms in total. The first kappa shape index (κ1) is 27.0. The van der Waals surface area contributed by atoms with Gasteiger partial charge in [0.1, 0.15) is 5.82 Å². The average molecular weight is 492 g/mol. The fourth-order valence-corrected chi connectivity index (χ4v) is 4.34. The highest BCUT2D eigenvalue weighted by atomic mass is 19.3. The predicted octanol–water partition coefficient (Wildman–Crippen LogP) is 6.37. The van der Waals surface area contributed by atoms with Crippen LogP contribution in [0.2, 0.25) is 0 Å². The molecule has 0 atom stereocenters. The molecule has 0 spiro atoms. The van der Waals surface area contributed by atoms with E-state index >= 15 is 0 Å². The van der Waals surface area contributed by atoms with Crippen LogP contribution in [0, 0.1) is 5.92 Å². The van der Waals surface area contributed by atoms with Crippen molar-refractivity contribution >= 4 is 23.2 Å². The molecular weight excluding hydrogens is 456 g/mol. The quantitative estimate of drug-likeness (QED) is 0.286. The van der Waals surface area contributed by atoms with E-state index in [0.717, 1.165) is 33.4 Å². The predicted molar refractivity (Wildman–Crippen MR) is 147 cm³/mol. The van der Waals surface area contributed by atoms with Gasteiger partial charge in [0.25, 0.3) is 0 Å². The highest BCUT2D eigenvalue weighted by Crippen LogP contribution is 2.43. The minimum absolute atomic E-state index is 0.0840. The van der Waals surface area contributed by atoms with Crippen LogP contribution >= 0.6 is 0 Å². The minimum Gasteiger partial charge on any atom is -0.383 e. The summed E-state index contributed by atoms with van der Waals surface area (Å²) >= 11 is 0. The van der Waals surface area contributed by atoms with Gasteiger partial charge in [-0.1, -0.05) is 49.1 Å². The normalized spacial score (nSPS) is 16.1. The van der Waals surface area contributed by atoms with E-state index in [0.29, 0.717) is 18.2 Å². The molecular formula is C29H35F2N5. The van der Waals surface area contributed by atoms with E-state index in [-0.39, 0.29) is 18.8 Å². The molecule has 190 valence electrons. The van der Waals surface area contributed by atoms with E-state index in [1.54, 1.807) is 19.5 Å². The summed E-state index contributed by atoms with van der Waals surface area (Å²) < 4.78 is 27.0. The van der Waals surface area contributed by atoms with Gasteiger partial charge in [0, 0.05) is 82.9 Å². The van der Waals surface area contributed by atoms with E-state index < -0.39 is 5.92 Å². The number of nitrogens with zero attached hydrogens (tertiary/aromatic N) is 5. The summed E-state index contributed by atoms with van der Waals surface area (Å²) in [5.41, 5.74) is 5.28. The number of alkyl halides is 2. The largest absolute Gasteiger partial charge is 0.383 e. The second-order valence-corrected chi connectivity index (χ2v) is 9.61. The first-order chi connectivity index (χ1) is 17.0. The zero-order chi connectivity index (χ0) is 26.5. The number of aromatic nitrogens is 2. The molecule has 0 N–H and O–H groups in total. The molecule has 0 unspecified atom stereocenters. The Hall–Kier alpha value is -3.61. The minimum atomic E-state index is -2.56. The molecule has 1 heterocycles. The molecule has 36 heavy (non-hydrogen) atoms. The van der Waals surface area contributed by atoms with Gasteiger partial charge in [-0.3, -0.25) is 4.99 Å². The van der Waals surface area contributed by atoms with Crippen molar-refractivity contribution in [1.82, 2.24) is 14.9 Å². The van der Waals surface area contributed by atoms with E-state index in [1.165, 1.54) is 0 Å². The summed E-state index contributed by atoms with van der Waals surface area (Å²) in [6, 6.07) is 7.97. The first-order valence-corrected chi connectivity index (χ1v) is 11.9. The van der Waals surface area contributed by atoms with Gasteiger partial charge in [-0.25, -0.2) is 18.7 Å². The van der Waals surface area contributed by atoms with Gasteiger partial charge in [-0.15, -0.1) is 0 Å². The number of hydrogen-bond donors (Lipinski definition) is 0. The van der Waals surface area contributed by atoms with E-state index in [2.05, 4.69) is 23.1 Å². The molecule has 0 radical (unpaired) electrons. The molecule has 0 bridgehead atoms. The molecule has 0 aliphatic heterocycles. The van der Waals surface area contributed by atoms with Crippen LogP contribution in [0.4, 0.5) is 14.6 Å². The molecule has 1 fully saturated rings. The van der Waals surface area contributed by atoms with Crippen molar-refractivity contribution < 1.29 is 8.78 Å². The van der Waals surface area contributed by atoms with Crippen molar-refractivity contribution in [2.24, 2.45) is 10.9 Å². The number of rotatable bonds is 10. The molecule has 0 amide bonds. The highest BCUT2D eigenvalue weighted by Gasteiger charge is 2.45. The Kier molecular flexibility index (Phi) is 8.56. The Bertz CT molecular complexity index is 1200. The number of anilines is 1. The number of allylic oxidation sites excluding steroid dienone is 5. The molecule has 1 saturated carbocycles. The van der Waals surface area contributed by atoms with Crippen molar-refractivity contribution in [1.29, 1.82) is 0 Å². The van der Waals surface area contributed by atoms with Crippen LogP contribution in [0.3, 0.4) is 0 Å². The van der Waals surface area contributed by atoms with Gasteiger partial charge >= 0.3 is 0 Å². The lowest BCUT2D eigenvalue weighted by atomic mass is 9.81. The Morgan fingerprint density at radius 2 is 1.94 bits per heavy atom. The number of benzene rings is 1. The third kappa shape index (κ3) is 6.74. The van der Waals surface area contributed by atoms with Crippen LogP contribution in [0.1, 0.15) is 30.9 Å². The third-order valence-electron chi connectivity index (χ3n) is 5.89. The van der Waals surface area contributed by atoms with Crippen LogP contribution < -0.4 is 4.90 Å². The summed E-state index contributed by atoms with van der Waals surface area (Å²) in [7, 11) is 7.51. The maximum atomic E-state index is 13.5. The van der Waals surface area contributed by atoms with E-state index in [9.17, 15) is 8.78 Å². The summed E-state index contributed by atoms with van der Waals surface area (Å²) in [6.45, 7) is 10.3. The van der Waals surface area contributed by atoms with Gasteiger partial charge < -0.3 is 9.80 Å². The Balaban J connectivity index is 2.07. The summed E-state index contributed by atoms with van der Waals surface area (Å²) in [5, 5.41) is 0. The molecule has 3 rings (SSSR count). The Morgan fingerprint density at radius 1 is 1.22 bits per heavy atom. The van der Waals surface area contributed by atoms with Crippen molar-refractivity contribution in [3.05, 3.63) is 78.7 Å². The maximum absolute atomic E-state index is 13.5. The SMILES string of the molecule is C=C/C(=C\N(C)C)c1cccc(-c2ncc(C(/C=N\C)=C/C(=C)C)c(N(C)CC3CC(F)(F)C3)n2)c1. The molecule has 1 aliphatic carbocycles. The summed E-state index contributed by atoms with van der Waals surface area (Å²) in [5.74, 6) is -1.42. The van der Waals surface area contributed by atoms with Gasteiger partial charge in [0.15, 0.2) is 5.82 Å². The fourth-order valence-electron chi connectivity index (χ4n) is 4.34. The smallest absolute Gasteiger partial charge is 0.248 e. The lowest BCUT2D eigenvalue weighted by Gasteiger charge is -2.37. The van der Waals surface area contributed by atoms with Crippen LogP contribution in [0.15, 0.2) is 72.5 Å². The van der Waals surface area contributed by atoms with Crippen LogP contribution in [-0.2, 0) is 0 Å². The van der Waals surface area contributed by atoms with Gasteiger partial charge in [0.05, 0.1) is 0 Å². The number of aliphatic imine (C=N–C) groups is 1. The van der Waals surface area contributed by atoms with Crippen molar-refractivity contribution in [2.75, 3.05) is 39.6 Å². The van der Waals surface area contributed by atoms with Crippen molar-refractivity contribution in [2.45, 2.75) is 25.7 Å².